The van der Waals surface area contributed by atoms with Crippen molar-refractivity contribution in [3.05, 3.63) is 91.1 Å². The molecule has 0 spiro atoms. The Bertz CT molecular complexity index is 1890. The van der Waals surface area contributed by atoms with Gasteiger partial charge in [-0.25, -0.2) is 14.4 Å². The van der Waals surface area contributed by atoms with Crippen LogP contribution in [0.2, 0.25) is 0 Å². The number of likely N-dealkylation sites (tertiary alicyclic amines) is 1. The molecular weight excluding hydrogens is 611 g/mol. The van der Waals surface area contributed by atoms with E-state index in [1.165, 1.54) is 12.1 Å². The molecule has 2 amide bonds. The van der Waals surface area contributed by atoms with Gasteiger partial charge in [0.25, 0.3) is 0 Å². The zero-order valence-corrected chi connectivity index (χ0v) is 26.7. The highest BCUT2D eigenvalue weighted by atomic mass is 19.1. The van der Waals surface area contributed by atoms with Gasteiger partial charge >= 0.3 is 0 Å². The second-order valence-electron chi connectivity index (χ2n) is 12.5. The number of hydrogen-bond acceptors (Lipinski definition) is 8. The Labute approximate surface area is 277 Å². The molecule has 246 valence electrons. The molecule has 0 radical (unpaired) electrons. The van der Waals surface area contributed by atoms with E-state index in [1.807, 2.05) is 29.2 Å². The molecule has 2 fully saturated rings. The number of halogens is 1. The van der Waals surface area contributed by atoms with Gasteiger partial charge in [0.05, 0.1) is 35.5 Å². The lowest BCUT2D eigenvalue weighted by molar-refractivity contribution is -0.133. The number of nitrogens with one attached hydrogen (secondary N) is 2. The molecular formula is C36H37FN8O3. The lowest BCUT2D eigenvalue weighted by Gasteiger charge is -2.37. The fourth-order valence-electron chi connectivity index (χ4n) is 6.73. The van der Waals surface area contributed by atoms with Crippen LogP contribution in [0.1, 0.15) is 6.42 Å². The number of piperazine rings is 1. The first-order chi connectivity index (χ1) is 23.4. The molecule has 0 saturated carbocycles. The number of rotatable bonds is 9. The first kappa shape index (κ1) is 31.4. The second kappa shape index (κ2) is 13.5. The SMILES string of the molecule is COCC1(C(=O)Nc2ccc3[nH]nc(-c4ccc(F)cc4)c3c2)CCN(CC(=O)N2CCN(c3ccc(-c4ccncn4)cc3)CC2)C1. The molecule has 2 aliphatic heterocycles. The maximum Gasteiger partial charge on any atom is 0.236 e. The van der Waals surface area contributed by atoms with E-state index >= 15 is 0 Å². The summed E-state index contributed by atoms with van der Waals surface area (Å²) in [5.74, 6) is -0.395. The lowest BCUT2D eigenvalue weighted by Crippen LogP contribution is -2.51. The van der Waals surface area contributed by atoms with Gasteiger partial charge in [-0.2, -0.15) is 5.10 Å². The van der Waals surface area contributed by atoms with Gasteiger partial charge in [0.2, 0.25) is 11.8 Å². The van der Waals surface area contributed by atoms with Crippen LogP contribution in [0, 0.1) is 11.2 Å². The standard InChI is InChI=1S/C36H37FN8O3/c1-48-23-36(35(47)40-28-8-11-32-30(20-28)34(42-41-32)26-2-6-27(37)7-3-26)13-15-43(22-36)21-33(46)45-18-16-44(17-19-45)29-9-4-25(5-10-29)31-12-14-38-24-39-31/h2-12,14,20,24H,13,15-19,21-23H2,1H3,(H,40,47)(H,41,42). The quantitative estimate of drug-likeness (QED) is 0.241. The smallest absolute Gasteiger partial charge is 0.236 e. The minimum Gasteiger partial charge on any atom is -0.384 e. The van der Waals surface area contributed by atoms with Crippen molar-refractivity contribution < 1.29 is 18.7 Å². The fraction of sp³-hybridized carbons (Fsp3) is 0.306. The monoisotopic (exact) mass is 648 g/mol. The first-order valence-electron chi connectivity index (χ1n) is 16.1. The molecule has 4 heterocycles. The van der Waals surface area contributed by atoms with E-state index in [4.69, 9.17) is 4.74 Å². The van der Waals surface area contributed by atoms with Gasteiger partial charge in [-0.1, -0.05) is 12.1 Å². The minimum atomic E-state index is -0.795. The van der Waals surface area contributed by atoms with Crippen molar-refractivity contribution in [2.75, 3.05) is 69.7 Å². The van der Waals surface area contributed by atoms with Crippen LogP contribution in [-0.2, 0) is 14.3 Å². The molecule has 1 unspecified atom stereocenters. The van der Waals surface area contributed by atoms with Crippen molar-refractivity contribution >= 4 is 34.1 Å². The van der Waals surface area contributed by atoms with Gasteiger partial charge in [0.15, 0.2) is 0 Å². The molecule has 5 aromatic rings. The van der Waals surface area contributed by atoms with Crippen molar-refractivity contribution in [1.82, 2.24) is 30.0 Å². The zero-order chi connectivity index (χ0) is 33.1. The van der Waals surface area contributed by atoms with E-state index in [9.17, 15) is 14.0 Å². The Kier molecular flexibility index (Phi) is 8.83. The number of carbonyl (C=O) groups is 2. The van der Waals surface area contributed by atoms with Crippen LogP contribution in [0.4, 0.5) is 15.8 Å². The topological polar surface area (TPSA) is 120 Å². The van der Waals surface area contributed by atoms with Crippen molar-refractivity contribution in [2.24, 2.45) is 5.41 Å². The van der Waals surface area contributed by atoms with Gasteiger partial charge in [-0.3, -0.25) is 19.6 Å². The first-order valence-corrected chi connectivity index (χ1v) is 16.1. The minimum absolute atomic E-state index is 0.0705. The summed E-state index contributed by atoms with van der Waals surface area (Å²) in [6.07, 6.45) is 3.86. The number of H-pyrrole nitrogens is 1. The Morgan fingerprint density at radius 3 is 2.46 bits per heavy atom. The number of aromatic amines is 1. The highest BCUT2D eigenvalue weighted by molar-refractivity contribution is 6.00. The normalized spacial score (nSPS) is 18.4. The predicted octanol–water partition coefficient (Wildman–Crippen LogP) is 4.45. The van der Waals surface area contributed by atoms with Gasteiger partial charge < -0.3 is 19.9 Å². The number of amides is 2. The third-order valence-corrected chi connectivity index (χ3v) is 9.37. The Morgan fingerprint density at radius 2 is 1.73 bits per heavy atom. The fourth-order valence-corrected chi connectivity index (χ4v) is 6.73. The summed E-state index contributed by atoms with van der Waals surface area (Å²) in [5.41, 5.74) is 5.13. The van der Waals surface area contributed by atoms with Crippen molar-refractivity contribution in [3.63, 3.8) is 0 Å². The Balaban J connectivity index is 0.953. The van der Waals surface area contributed by atoms with Gasteiger partial charge in [-0.15, -0.1) is 0 Å². The van der Waals surface area contributed by atoms with Gasteiger partial charge in [0, 0.05) is 73.9 Å². The molecule has 0 aliphatic carbocycles. The number of carbonyl (C=O) groups excluding carboxylic acids is 2. The van der Waals surface area contributed by atoms with E-state index in [0.717, 1.165) is 46.5 Å². The van der Waals surface area contributed by atoms with Crippen LogP contribution < -0.4 is 10.2 Å². The van der Waals surface area contributed by atoms with Crippen LogP contribution >= 0.6 is 0 Å². The van der Waals surface area contributed by atoms with Gasteiger partial charge in [-0.05, 0) is 73.6 Å². The zero-order valence-electron chi connectivity index (χ0n) is 26.7. The number of aromatic nitrogens is 4. The number of hydrogen-bond donors (Lipinski definition) is 2. The largest absolute Gasteiger partial charge is 0.384 e. The summed E-state index contributed by atoms with van der Waals surface area (Å²) < 4.78 is 19.0. The molecule has 2 N–H and O–H groups in total. The van der Waals surface area contributed by atoms with Crippen molar-refractivity contribution in [1.29, 1.82) is 0 Å². The molecule has 0 bridgehead atoms. The third kappa shape index (κ3) is 6.49. The summed E-state index contributed by atoms with van der Waals surface area (Å²) in [7, 11) is 1.60. The molecule has 2 aliphatic rings. The van der Waals surface area contributed by atoms with Crippen LogP contribution in [0.3, 0.4) is 0 Å². The highest BCUT2D eigenvalue weighted by Crippen LogP contribution is 2.34. The summed E-state index contributed by atoms with van der Waals surface area (Å²) >= 11 is 0. The summed E-state index contributed by atoms with van der Waals surface area (Å²) in [6.45, 7) is 4.32. The highest BCUT2D eigenvalue weighted by Gasteiger charge is 2.45. The number of fused-ring (bicyclic) bond motifs is 1. The average molecular weight is 649 g/mol. The molecule has 7 rings (SSSR count). The van der Waals surface area contributed by atoms with E-state index in [0.29, 0.717) is 44.0 Å². The lowest BCUT2D eigenvalue weighted by atomic mass is 9.87. The van der Waals surface area contributed by atoms with E-state index in [-0.39, 0.29) is 30.8 Å². The number of benzene rings is 3. The van der Waals surface area contributed by atoms with Crippen LogP contribution in [-0.4, -0.2) is 101 Å². The number of nitrogens with zero attached hydrogens (tertiary/aromatic N) is 6. The molecule has 2 aromatic heterocycles. The summed E-state index contributed by atoms with van der Waals surface area (Å²) in [6, 6.07) is 21.9. The molecule has 11 nitrogen and oxygen atoms in total. The van der Waals surface area contributed by atoms with Crippen molar-refractivity contribution in [3.8, 4) is 22.5 Å². The Hall–Kier alpha value is -5.20. The van der Waals surface area contributed by atoms with E-state index < -0.39 is 5.41 Å². The molecule has 48 heavy (non-hydrogen) atoms. The number of ether oxygens (including phenoxy) is 1. The molecule has 3 aromatic carbocycles. The molecule has 12 heteroatoms. The predicted molar refractivity (Wildman–Crippen MR) is 182 cm³/mol. The summed E-state index contributed by atoms with van der Waals surface area (Å²) in [4.78, 5) is 41.8. The van der Waals surface area contributed by atoms with Crippen LogP contribution in [0.25, 0.3) is 33.4 Å². The molecule has 2 saturated heterocycles. The number of anilines is 2. The van der Waals surface area contributed by atoms with Gasteiger partial charge in [0.1, 0.15) is 12.1 Å². The Morgan fingerprint density at radius 1 is 0.958 bits per heavy atom. The number of methoxy groups -OCH3 is 1. The second-order valence-corrected chi connectivity index (χ2v) is 12.5. The maximum absolute atomic E-state index is 13.8. The van der Waals surface area contributed by atoms with E-state index in [1.54, 1.807) is 31.8 Å². The van der Waals surface area contributed by atoms with Crippen LogP contribution in [0.15, 0.2) is 85.3 Å². The van der Waals surface area contributed by atoms with E-state index in [2.05, 4.69) is 59.5 Å². The average Bonchev–Trinajstić information content (AvgIpc) is 3.74. The third-order valence-electron chi connectivity index (χ3n) is 9.37. The summed E-state index contributed by atoms with van der Waals surface area (Å²) in [5, 5.41) is 11.3. The van der Waals surface area contributed by atoms with Crippen molar-refractivity contribution in [2.45, 2.75) is 6.42 Å². The molecule has 1 atom stereocenters. The van der Waals surface area contributed by atoms with Crippen LogP contribution in [0.5, 0.6) is 0 Å². The maximum atomic E-state index is 13.8.